The second-order valence-electron chi connectivity index (χ2n) is 3.99. The van der Waals surface area contributed by atoms with Gasteiger partial charge in [0.15, 0.2) is 0 Å². The zero-order valence-electron chi connectivity index (χ0n) is 9.89. The zero-order chi connectivity index (χ0) is 12.1. The maximum atomic E-state index is 5.73. The Morgan fingerprint density at radius 1 is 0.882 bits per heavy atom. The van der Waals surface area contributed by atoms with Gasteiger partial charge in [0.2, 0.25) is 0 Å². The van der Waals surface area contributed by atoms with E-state index in [0.717, 1.165) is 22.8 Å². The Labute approximate surface area is 108 Å². The number of hydrogen-bond acceptors (Lipinski definition) is 2. The standard InChI is InChI=1S/C15H16OS/c1-2-3-12-4-6-13(7-5-12)16-14-8-10-15(17)11-9-14/h4-11,17H,2-3H2,1H3. The molecule has 0 aliphatic heterocycles. The molecule has 0 heterocycles. The van der Waals surface area contributed by atoms with Gasteiger partial charge in [0.05, 0.1) is 0 Å². The van der Waals surface area contributed by atoms with Gasteiger partial charge in [0, 0.05) is 4.90 Å². The van der Waals surface area contributed by atoms with Gasteiger partial charge >= 0.3 is 0 Å². The summed E-state index contributed by atoms with van der Waals surface area (Å²) in [5, 5.41) is 0. The number of thiol groups is 1. The molecular formula is C15H16OS. The van der Waals surface area contributed by atoms with Crippen LogP contribution in [0, 0.1) is 0 Å². The Morgan fingerprint density at radius 2 is 1.41 bits per heavy atom. The van der Waals surface area contributed by atoms with Crippen LogP contribution in [0.2, 0.25) is 0 Å². The number of hydrogen-bond donors (Lipinski definition) is 1. The summed E-state index contributed by atoms with van der Waals surface area (Å²) in [7, 11) is 0. The molecule has 0 aliphatic carbocycles. The van der Waals surface area contributed by atoms with Gasteiger partial charge in [-0.05, 0) is 48.4 Å². The minimum Gasteiger partial charge on any atom is -0.457 e. The van der Waals surface area contributed by atoms with Crippen molar-refractivity contribution in [2.45, 2.75) is 24.7 Å². The van der Waals surface area contributed by atoms with E-state index in [9.17, 15) is 0 Å². The van der Waals surface area contributed by atoms with Crippen LogP contribution in [0.4, 0.5) is 0 Å². The molecule has 1 nitrogen and oxygen atoms in total. The fourth-order valence-corrected chi connectivity index (χ4v) is 1.81. The topological polar surface area (TPSA) is 9.23 Å². The van der Waals surface area contributed by atoms with Crippen LogP contribution in [0.15, 0.2) is 53.4 Å². The molecule has 0 atom stereocenters. The lowest BCUT2D eigenvalue weighted by Gasteiger charge is -2.06. The average Bonchev–Trinajstić information content (AvgIpc) is 2.35. The van der Waals surface area contributed by atoms with E-state index in [1.165, 1.54) is 12.0 Å². The van der Waals surface area contributed by atoms with Crippen LogP contribution in [0.5, 0.6) is 11.5 Å². The van der Waals surface area contributed by atoms with E-state index in [4.69, 9.17) is 4.74 Å². The molecule has 0 spiro atoms. The fraction of sp³-hybridized carbons (Fsp3) is 0.200. The van der Waals surface area contributed by atoms with Crippen molar-refractivity contribution in [3.05, 3.63) is 54.1 Å². The van der Waals surface area contributed by atoms with Gasteiger partial charge in [-0.3, -0.25) is 0 Å². The van der Waals surface area contributed by atoms with Crippen LogP contribution in [-0.2, 0) is 6.42 Å². The maximum Gasteiger partial charge on any atom is 0.127 e. The first-order valence-electron chi connectivity index (χ1n) is 5.84. The van der Waals surface area contributed by atoms with Crippen molar-refractivity contribution in [2.75, 3.05) is 0 Å². The van der Waals surface area contributed by atoms with Crippen molar-refractivity contribution in [3.8, 4) is 11.5 Å². The van der Waals surface area contributed by atoms with Crippen LogP contribution >= 0.6 is 12.6 Å². The number of benzene rings is 2. The van der Waals surface area contributed by atoms with E-state index in [2.05, 4.69) is 31.7 Å². The molecule has 0 saturated carbocycles. The van der Waals surface area contributed by atoms with Crippen LogP contribution in [0.3, 0.4) is 0 Å². The molecule has 0 aromatic heterocycles. The van der Waals surface area contributed by atoms with Crippen molar-refractivity contribution in [1.82, 2.24) is 0 Å². The minimum absolute atomic E-state index is 0.839. The molecule has 0 amide bonds. The van der Waals surface area contributed by atoms with Gasteiger partial charge in [-0.1, -0.05) is 25.5 Å². The molecule has 0 bridgehead atoms. The SMILES string of the molecule is CCCc1ccc(Oc2ccc(S)cc2)cc1. The summed E-state index contributed by atoms with van der Waals surface area (Å²) in [5.74, 6) is 1.71. The lowest BCUT2D eigenvalue weighted by molar-refractivity contribution is 0.482. The van der Waals surface area contributed by atoms with Gasteiger partial charge in [-0.15, -0.1) is 12.6 Å². The molecular weight excluding hydrogens is 228 g/mol. The highest BCUT2D eigenvalue weighted by atomic mass is 32.1. The van der Waals surface area contributed by atoms with E-state index in [-0.39, 0.29) is 0 Å². The molecule has 88 valence electrons. The summed E-state index contributed by atoms with van der Waals surface area (Å²) in [6.07, 6.45) is 2.29. The van der Waals surface area contributed by atoms with Crippen molar-refractivity contribution < 1.29 is 4.74 Å². The highest BCUT2D eigenvalue weighted by Gasteiger charge is 1.97. The smallest absolute Gasteiger partial charge is 0.127 e. The van der Waals surface area contributed by atoms with Gasteiger partial charge in [-0.25, -0.2) is 0 Å². The summed E-state index contributed by atoms with van der Waals surface area (Å²) in [6, 6.07) is 15.9. The lowest BCUT2D eigenvalue weighted by atomic mass is 10.1. The normalized spacial score (nSPS) is 10.2. The Morgan fingerprint density at radius 3 is 1.94 bits per heavy atom. The Balaban J connectivity index is 2.05. The summed E-state index contributed by atoms with van der Waals surface area (Å²) in [6.45, 7) is 2.18. The monoisotopic (exact) mass is 244 g/mol. The third-order valence-corrected chi connectivity index (χ3v) is 2.83. The molecule has 0 radical (unpaired) electrons. The van der Waals surface area contributed by atoms with Crippen molar-refractivity contribution in [1.29, 1.82) is 0 Å². The molecule has 0 unspecified atom stereocenters. The third kappa shape index (κ3) is 3.53. The number of rotatable bonds is 4. The summed E-state index contributed by atoms with van der Waals surface area (Å²) in [5.41, 5.74) is 1.35. The van der Waals surface area contributed by atoms with E-state index in [0.29, 0.717) is 0 Å². The zero-order valence-corrected chi connectivity index (χ0v) is 10.8. The van der Waals surface area contributed by atoms with E-state index < -0.39 is 0 Å². The Bertz CT molecular complexity index is 459. The lowest BCUT2D eigenvalue weighted by Crippen LogP contribution is -1.86. The number of aryl methyl sites for hydroxylation is 1. The minimum atomic E-state index is 0.839. The van der Waals surface area contributed by atoms with E-state index in [1.54, 1.807) is 0 Å². The summed E-state index contributed by atoms with van der Waals surface area (Å²) >= 11 is 4.24. The van der Waals surface area contributed by atoms with Crippen LogP contribution < -0.4 is 4.74 Å². The van der Waals surface area contributed by atoms with Crippen molar-refractivity contribution in [3.63, 3.8) is 0 Å². The second-order valence-corrected chi connectivity index (χ2v) is 4.51. The largest absolute Gasteiger partial charge is 0.457 e. The van der Waals surface area contributed by atoms with Gasteiger partial charge in [-0.2, -0.15) is 0 Å². The Hall–Kier alpha value is -1.41. The molecule has 2 rings (SSSR count). The van der Waals surface area contributed by atoms with Crippen LogP contribution in [0.25, 0.3) is 0 Å². The predicted octanol–water partition coefficient (Wildman–Crippen LogP) is 4.72. The van der Waals surface area contributed by atoms with Gasteiger partial charge in [0.1, 0.15) is 11.5 Å². The Kier molecular flexibility index (Phi) is 4.10. The first-order chi connectivity index (χ1) is 8.28. The first kappa shape index (κ1) is 12.1. The van der Waals surface area contributed by atoms with Crippen LogP contribution in [-0.4, -0.2) is 0 Å². The quantitative estimate of drug-likeness (QED) is 0.766. The molecule has 17 heavy (non-hydrogen) atoms. The molecule has 2 heteroatoms. The summed E-state index contributed by atoms with van der Waals surface area (Å²) < 4.78 is 5.73. The molecule has 0 fully saturated rings. The predicted molar refractivity (Wildman–Crippen MR) is 74.2 cm³/mol. The average molecular weight is 244 g/mol. The van der Waals surface area contributed by atoms with E-state index >= 15 is 0 Å². The molecule has 0 N–H and O–H groups in total. The maximum absolute atomic E-state index is 5.73. The summed E-state index contributed by atoms with van der Waals surface area (Å²) in [4.78, 5) is 0.940. The second kappa shape index (κ2) is 5.78. The van der Waals surface area contributed by atoms with Crippen molar-refractivity contribution in [2.24, 2.45) is 0 Å². The number of ether oxygens (including phenoxy) is 1. The first-order valence-corrected chi connectivity index (χ1v) is 6.28. The molecule has 0 saturated heterocycles. The highest BCUT2D eigenvalue weighted by molar-refractivity contribution is 7.80. The van der Waals surface area contributed by atoms with E-state index in [1.807, 2.05) is 36.4 Å². The van der Waals surface area contributed by atoms with Crippen molar-refractivity contribution >= 4 is 12.6 Å². The third-order valence-electron chi connectivity index (χ3n) is 2.53. The molecule has 0 aliphatic rings. The van der Waals surface area contributed by atoms with Gasteiger partial charge in [0.25, 0.3) is 0 Å². The fourth-order valence-electron chi connectivity index (χ4n) is 1.66. The molecule has 2 aromatic rings. The van der Waals surface area contributed by atoms with Gasteiger partial charge < -0.3 is 4.74 Å². The highest BCUT2D eigenvalue weighted by Crippen LogP contribution is 2.23. The van der Waals surface area contributed by atoms with Crippen LogP contribution in [0.1, 0.15) is 18.9 Å². The molecule has 2 aromatic carbocycles.